The van der Waals surface area contributed by atoms with Gasteiger partial charge in [0.15, 0.2) is 0 Å². The van der Waals surface area contributed by atoms with Crippen molar-refractivity contribution in [1.29, 1.82) is 5.26 Å². The molecule has 0 atom stereocenters. The standard InChI is InChI=1S/C15H12N4O4/c1-2-10-5-3-4-6-13(10)17-15-11(9-16)7-12(18(20)21)8-14(15)19(22)23/h3-8,17H,2H2,1H3. The van der Waals surface area contributed by atoms with Crippen molar-refractivity contribution in [2.24, 2.45) is 0 Å². The van der Waals surface area contributed by atoms with Gasteiger partial charge in [-0.1, -0.05) is 25.1 Å². The van der Waals surface area contributed by atoms with Crippen molar-refractivity contribution in [3.05, 3.63) is 67.8 Å². The predicted molar refractivity (Wildman–Crippen MR) is 83.6 cm³/mol. The third-order valence-electron chi connectivity index (χ3n) is 3.29. The number of nitro groups is 2. The molecule has 0 aliphatic rings. The number of nitrogens with one attached hydrogen (secondary N) is 1. The summed E-state index contributed by atoms with van der Waals surface area (Å²) in [6.07, 6.45) is 0.686. The summed E-state index contributed by atoms with van der Waals surface area (Å²) in [5.74, 6) is 0. The van der Waals surface area contributed by atoms with E-state index in [1.165, 1.54) is 0 Å². The van der Waals surface area contributed by atoms with Gasteiger partial charge >= 0.3 is 5.69 Å². The van der Waals surface area contributed by atoms with E-state index < -0.39 is 21.2 Å². The zero-order valence-electron chi connectivity index (χ0n) is 12.1. The molecule has 0 unspecified atom stereocenters. The molecule has 0 radical (unpaired) electrons. The molecule has 0 fully saturated rings. The molecule has 2 aromatic rings. The maximum Gasteiger partial charge on any atom is 0.300 e. The number of nitro benzene ring substituents is 2. The molecule has 8 nitrogen and oxygen atoms in total. The number of nitriles is 1. The molecule has 116 valence electrons. The van der Waals surface area contributed by atoms with E-state index in [1.54, 1.807) is 18.2 Å². The molecule has 2 aromatic carbocycles. The van der Waals surface area contributed by atoms with Crippen LogP contribution in [0.4, 0.5) is 22.7 Å². The molecule has 23 heavy (non-hydrogen) atoms. The zero-order valence-corrected chi connectivity index (χ0v) is 12.1. The second kappa shape index (κ2) is 6.53. The van der Waals surface area contributed by atoms with Crippen molar-refractivity contribution in [2.75, 3.05) is 5.32 Å². The van der Waals surface area contributed by atoms with Gasteiger partial charge in [0.1, 0.15) is 11.8 Å². The number of nitrogens with zero attached hydrogens (tertiary/aromatic N) is 3. The van der Waals surface area contributed by atoms with E-state index in [9.17, 15) is 25.5 Å². The fraction of sp³-hybridized carbons (Fsp3) is 0.133. The van der Waals surface area contributed by atoms with E-state index in [4.69, 9.17) is 0 Å². The minimum Gasteiger partial charge on any atom is -0.349 e. The Morgan fingerprint density at radius 2 is 1.87 bits per heavy atom. The first-order chi connectivity index (χ1) is 11.0. The lowest BCUT2D eigenvalue weighted by molar-refractivity contribution is -0.393. The molecule has 0 spiro atoms. The maximum atomic E-state index is 11.2. The molecular formula is C15H12N4O4. The normalized spacial score (nSPS) is 9.91. The van der Waals surface area contributed by atoms with Crippen LogP contribution in [0.25, 0.3) is 0 Å². The van der Waals surface area contributed by atoms with Gasteiger partial charge in [0.25, 0.3) is 5.69 Å². The summed E-state index contributed by atoms with van der Waals surface area (Å²) in [5, 5.41) is 34.2. The minimum absolute atomic E-state index is 0.0519. The fourth-order valence-electron chi connectivity index (χ4n) is 2.17. The molecule has 1 N–H and O–H groups in total. The van der Waals surface area contributed by atoms with Gasteiger partial charge in [-0.3, -0.25) is 20.2 Å². The van der Waals surface area contributed by atoms with Crippen LogP contribution >= 0.6 is 0 Å². The van der Waals surface area contributed by atoms with E-state index in [0.29, 0.717) is 12.1 Å². The van der Waals surface area contributed by atoms with Crippen LogP contribution in [0, 0.1) is 31.6 Å². The van der Waals surface area contributed by atoms with Crippen molar-refractivity contribution >= 4 is 22.7 Å². The summed E-state index contributed by atoms with van der Waals surface area (Å²) in [6.45, 7) is 1.93. The topological polar surface area (TPSA) is 122 Å². The number of hydrogen-bond acceptors (Lipinski definition) is 6. The highest BCUT2D eigenvalue weighted by molar-refractivity contribution is 5.79. The molecule has 0 aliphatic heterocycles. The number of para-hydroxylation sites is 1. The molecule has 2 rings (SSSR count). The first kappa shape index (κ1) is 15.9. The summed E-state index contributed by atoms with van der Waals surface area (Å²) in [7, 11) is 0. The number of anilines is 2. The molecule has 0 aromatic heterocycles. The Morgan fingerprint density at radius 1 is 1.17 bits per heavy atom. The Bertz CT molecular complexity index is 827. The highest BCUT2D eigenvalue weighted by Gasteiger charge is 2.24. The highest BCUT2D eigenvalue weighted by atomic mass is 16.6. The summed E-state index contributed by atoms with van der Waals surface area (Å²) < 4.78 is 0. The van der Waals surface area contributed by atoms with E-state index in [0.717, 1.165) is 17.7 Å². The van der Waals surface area contributed by atoms with Gasteiger partial charge in [0, 0.05) is 11.8 Å². The molecule has 0 heterocycles. The van der Waals surface area contributed by atoms with Crippen molar-refractivity contribution in [3.63, 3.8) is 0 Å². The number of benzene rings is 2. The van der Waals surface area contributed by atoms with Crippen molar-refractivity contribution in [1.82, 2.24) is 0 Å². The van der Waals surface area contributed by atoms with Crippen LogP contribution in [-0.4, -0.2) is 9.85 Å². The van der Waals surface area contributed by atoms with Crippen molar-refractivity contribution in [3.8, 4) is 6.07 Å². The molecule has 0 saturated heterocycles. The Kier molecular flexibility index (Phi) is 4.52. The molecule has 0 aliphatic carbocycles. The van der Waals surface area contributed by atoms with E-state index in [-0.39, 0.29) is 11.3 Å². The van der Waals surface area contributed by atoms with Gasteiger partial charge in [-0.05, 0) is 18.1 Å². The third-order valence-corrected chi connectivity index (χ3v) is 3.29. The van der Waals surface area contributed by atoms with Crippen LogP contribution in [0.15, 0.2) is 36.4 Å². The average Bonchev–Trinajstić information content (AvgIpc) is 2.54. The average molecular weight is 312 g/mol. The molecule has 0 saturated carbocycles. The SMILES string of the molecule is CCc1ccccc1Nc1c(C#N)cc([N+](=O)[O-])cc1[N+](=O)[O-]. The molecule has 8 heteroatoms. The number of aryl methyl sites for hydroxylation is 1. The monoisotopic (exact) mass is 312 g/mol. The minimum atomic E-state index is -0.766. The largest absolute Gasteiger partial charge is 0.349 e. The van der Waals surface area contributed by atoms with Gasteiger partial charge < -0.3 is 5.32 Å². The Balaban J connectivity index is 2.63. The summed E-state index contributed by atoms with van der Waals surface area (Å²) in [6, 6.07) is 10.8. The second-order valence-electron chi connectivity index (χ2n) is 4.65. The quantitative estimate of drug-likeness (QED) is 0.663. The summed E-state index contributed by atoms with van der Waals surface area (Å²) in [5.41, 5.74) is 0.303. The van der Waals surface area contributed by atoms with Crippen LogP contribution in [0.2, 0.25) is 0 Å². The van der Waals surface area contributed by atoms with Gasteiger partial charge in [0.2, 0.25) is 0 Å². The van der Waals surface area contributed by atoms with Gasteiger partial charge in [-0.2, -0.15) is 5.26 Å². The zero-order chi connectivity index (χ0) is 17.0. The number of non-ortho nitro benzene ring substituents is 1. The lowest BCUT2D eigenvalue weighted by Crippen LogP contribution is -2.03. The number of rotatable bonds is 5. The van der Waals surface area contributed by atoms with Crippen LogP contribution < -0.4 is 5.32 Å². The van der Waals surface area contributed by atoms with E-state index >= 15 is 0 Å². The van der Waals surface area contributed by atoms with Crippen LogP contribution in [0.1, 0.15) is 18.1 Å². The van der Waals surface area contributed by atoms with Gasteiger partial charge in [-0.15, -0.1) is 0 Å². The summed E-state index contributed by atoms with van der Waals surface area (Å²) in [4.78, 5) is 20.6. The van der Waals surface area contributed by atoms with Crippen molar-refractivity contribution < 1.29 is 9.85 Å². The third kappa shape index (κ3) is 3.24. The fourth-order valence-corrected chi connectivity index (χ4v) is 2.17. The summed E-state index contributed by atoms with van der Waals surface area (Å²) >= 11 is 0. The molecule has 0 amide bonds. The lowest BCUT2D eigenvalue weighted by atomic mass is 10.1. The van der Waals surface area contributed by atoms with Gasteiger partial charge in [-0.25, -0.2) is 0 Å². The Labute approximate surface area is 131 Å². The van der Waals surface area contributed by atoms with E-state index in [2.05, 4.69) is 5.32 Å². The van der Waals surface area contributed by atoms with Crippen LogP contribution in [0.5, 0.6) is 0 Å². The number of hydrogen-bond donors (Lipinski definition) is 1. The maximum absolute atomic E-state index is 11.2. The smallest absolute Gasteiger partial charge is 0.300 e. The highest BCUT2D eigenvalue weighted by Crippen LogP contribution is 2.35. The predicted octanol–water partition coefficient (Wildman–Crippen LogP) is 3.68. The van der Waals surface area contributed by atoms with E-state index in [1.807, 2.05) is 19.1 Å². The van der Waals surface area contributed by atoms with Crippen LogP contribution in [0.3, 0.4) is 0 Å². The second-order valence-corrected chi connectivity index (χ2v) is 4.65. The molecule has 0 bridgehead atoms. The first-order valence-corrected chi connectivity index (χ1v) is 6.69. The lowest BCUT2D eigenvalue weighted by Gasteiger charge is -2.12. The first-order valence-electron chi connectivity index (χ1n) is 6.69. The van der Waals surface area contributed by atoms with Gasteiger partial charge in [0.05, 0.1) is 21.5 Å². The van der Waals surface area contributed by atoms with Crippen molar-refractivity contribution in [2.45, 2.75) is 13.3 Å². The Morgan fingerprint density at radius 3 is 2.43 bits per heavy atom. The van der Waals surface area contributed by atoms with Crippen LogP contribution in [-0.2, 0) is 6.42 Å². The Hall–Kier alpha value is -3.47. The molecular weight excluding hydrogens is 300 g/mol.